The van der Waals surface area contributed by atoms with Crippen molar-refractivity contribution in [2.24, 2.45) is 0 Å². The van der Waals surface area contributed by atoms with Crippen LogP contribution in [0.15, 0.2) is 71.3 Å². The van der Waals surface area contributed by atoms with Crippen molar-refractivity contribution in [1.82, 2.24) is 14.9 Å². The molecule has 0 spiro atoms. The van der Waals surface area contributed by atoms with Crippen LogP contribution in [0.4, 0.5) is 0 Å². The van der Waals surface area contributed by atoms with Crippen molar-refractivity contribution in [3.63, 3.8) is 0 Å². The van der Waals surface area contributed by atoms with Gasteiger partial charge >= 0.3 is 0 Å². The lowest BCUT2D eigenvalue weighted by molar-refractivity contribution is 0.0925. The highest BCUT2D eigenvalue weighted by Gasteiger charge is 2.11. The van der Waals surface area contributed by atoms with E-state index in [9.17, 15) is 4.79 Å². The van der Waals surface area contributed by atoms with Crippen LogP contribution in [0.5, 0.6) is 5.75 Å². The Balaban J connectivity index is 1.31. The van der Waals surface area contributed by atoms with Gasteiger partial charge in [-0.1, -0.05) is 31.2 Å². The number of amides is 1. The number of ether oxygens (including phenoxy) is 1. The van der Waals surface area contributed by atoms with Crippen molar-refractivity contribution in [2.75, 3.05) is 13.2 Å². The molecule has 0 saturated heterocycles. The van der Waals surface area contributed by atoms with Gasteiger partial charge in [-0.15, -0.1) is 0 Å². The van der Waals surface area contributed by atoms with Crippen LogP contribution in [-0.2, 0) is 19.4 Å². The van der Waals surface area contributed by atoms with Gasteiger partial charge in [0.15, 0.2) is 5.76 Å². The second kappa shape index (κ2) is 10.7. The fraction of sp³-hybridized carbons (Fsp3) is 0.308. The zero-order chi connectivity index (χ0) is 22.2. The number of aromatic nitrogens is 2. The molecule has 0 saturated carbocycles. The number of hydrogen-bond acceptors (Lipinski definition) is 4. The molecule has 32 heavy (non-hydrogen) atoms. The Morgan fingerprint density at radius 2 is 1.91 bits per heavy atom. The van der Waals surface area contributed by atoms with Gasteiger partial charge in [0.2, 0.25) is 0 Å². The minimum Gasteiger partial charge on any atom is -0.494 e. The average molecular weight is 432 g/mol. The zero-order valence-electron chi connectivity index (χ0n) is 18.4. The van der Waals surface area contributed by atoms with Crippen molar-refractivity contribution in [1.29, 1.82) is 0 Å². The molecule has 6 heteroatoms. The summed E-state index contributed by atoms with van der Waals surface area (Å²) in [5.74, 6) is 2.09. The zero-order valence-corrected chi connectivity index (χ0v) is 18.4. The summed E-state index contributed by atoms with van der Waals surface area (Å²) in [5, 5.41) is 2.90. The molecule has 2 aromatic heterocycles. The molecule has 0 radical (unpaired) electrons. The van der Waals surface area contributed by atoms with E-state index in [1.165, 1.54) is 11.8 Å². The van der Waals surface area contributed by atoms with Crippen LogP contribution in [0.3, 0.4) is 0 Å². The number of carbonyl (C=O) groups is 1. The van der Waals surface area contributed by atoms with Gasteiger partial charge in [-0.3, -0.25) is 4.79 Å². The Hall–Kier alpha value is -3.54. The number of carbonyl (C=O) groups excluding carboxylic acids is 1. The lowest BCUT2D eigenvalue weighted by atomic mass is 10.2. The maximum absolute atomic E-state index is 12.0. The van der Waals surface area contributed by atoms with Gasteiger partial charge < -0.3 is 19.0 Å². The summed E-state index contributed by atoms with van der Waals surface area (Å²) in [4.78, 5) is 16.8. The summed E-state index contributed by atoms with van der Waals surface area (Å²) in [6.07, 6.45) is 5.01. The van der Waals surface area contributed by atoms with Gasteiger partial charge in [0.1, 0.15) is 11.6 Å². The third-order valence-corrected chi connectivity index (χ3v) is 5.47. The Kier molecular flexibility index (Phi) is 7.23. The number of imidazole rings is 1. The molecule has 0 atom stereocenters. The molecule has 2 heterocycles. The highest BCUT2D eigenvalue weighted by Crippen LogP contribution is 2.18. The molecule has 0 aliphatic heterocycles. The Bertz CT molecular complexity index is 1130. The maximum atomic E-state index is 12.0. The molecule has 0 unspecified atom stereocenters. The van der Waals surface area contributed by atoms with Crippen molar-refractivity contribution in [3.8, 4) is 5.75 Å². The minimum atomic E-state index is -0.187. The molecule has 0 bridgehead atoms. The van der Waals surface area contributed by atoms with E-state index in [0.29, 0.717) is 18.9 Å². The predicted octanol–water partition coefficient (Wildman–Crippen LogP) is 5.02. The predicted molar refractivity (Wildman–Crippen MR) is 125 cm³/mol. The third kappa shape index (κ3) is 5.38. The summed E-state index contributed by atoms with van der Waals surface area (Å²) < 4.78 is 13.3. The van der Waals surface area contributed by atoms with Crippen molar-refractivity contribution in [3.05, 3.63) is 84.1 Å². The van der Waals surface area contributed by atoms with E-state index in [1.807, 2.05) is 30.3 Å². The number of rotatable bonds is 11. The van der Waals surface area contributed by atoms with Gasteiger partial charge in [0.25, 0.3) is 5.91 Å². The van der Waals surface area contributed by atoms with Crippen LogP contribution < -0.4 is 10.1 Å². The molecular weight excluding hydrogens is 402 g/mol. The molecule has 2 aromatic carbocycles. The van der Waals surface area contributed by atoms with E-state index in [4.69, 9.17) is 14.1 Å². The molecule has 1 N–H and O–H groups in total. The smallest absolute Gasteiger partial charge is 0.286 e. The Morgan fingerprint density at radius 1 is 1.06 bits per heavy atom. The normalized spacial score (nSPS) is 11.0. The fourth-order valence-corrected chi connectivity index (χ4v) is 3.74. The standard InChI is InChI=1S/C26H29N3O3/c1-2-20-12-14-21(15-13-20)31-19-7-17-29-23-9-4-3-8-22(23)28-25(29)11-5-16-27-26(30)24-10-6-18-32-24/h3-4,6,8-10,12-15,18H,2,5,7,11,16-17,19H2,1H3,(H,27,30). The molecule has 4 rings (SSSR count). The van der Waals surface area contributed by atoms with Gasteiger partial charge in [0, 0.05) is 19.5 Å². The highest BCUT2D eigenvalue weighted by atomic mass is 16.5. The number of aryl methyl sites for hydroxylation is 3. The fourth-order valence-electron chi connectivity index (χ4n) is 3.74. The number of nitrogens with one attached hydrogen (secondary N) is 1. The first-order valence-corrected chi connectivity index (χ1v) is 11.2. The largest absolute Gasteiger partial charge is 0.494 e. The lowest BCUT2D eigenvalue weighted by Gasteiger charge is -2.11. The number of hydrogen-bond donors (Lipinski definition) is 1. The SMILES string of the molecule is CCc1ccc(OCCCn2c(CCCNC(=O)c3ccco3)nc3ccccc32)cc1. The monoisotopic (exact) mass is 431 g/mol. The first kappa shape index (κ1) is 21.7. The topological polar surface area (TPSA) is 69.3 Å². The molecule has 0 fully saturated rings. The first-order valence-electron chi connectivity index (χ1n) is 11.2. The van der Waals surface area contributed by atoms with Gasteiger partial charge in [-0.05, 0) is 61.2 Å². The lowest BCUT2D eigenvalue weighted by Crippen LogP contribution is -2.24. The Morgan fingerprint density at radius 3 is 2.69 bits per heavy atom. The van der Waals surface area contributed by atoms with Crippen molar-refractivity contribution < 1.29 is 13.9 Å². The average Bonchev–Trinajstić information content (AvgIpc) is 3.48. The Labute approximate surface area is 188 Å². The van der Waals surface area contributed by atoms with Crippen molar-refractivity contribution in [2.45, 2.75) is 39.2 Å². The summed E-state index contributed by atoms with van der Waals surface area (Å²) in [6, 6.07) is 19.9. The van der Waals surface area contributed by atoms with Crippen LogP contribution in [0, 0.1) is 0 Å². The van der Waals surface area contributed by atoms with Crippen LogP contribution in [-0.4, -0.2) is 28.6 Å². The minimum absolute atomic E-state index is 0.187. The van der Waals surface area contributed by atoms with Gasteiger partial charge in [0.05, 0.1) is 23.9 Å². The summed E-state index contributed by atoms with van der Waals surface area (Å²) in [6.45, 7) is 4.20. The number of nitrogens with zero attached hydrogens (tertiary/aromatic N) is 2. The maximum Gasteiger partial charge on any atom is 0.286 e. The third-order valence-electron chi connectivity index (χ3n) is 5.47. The number of benzene rings is 2. The summed E-state index contributed by atoms with van der Waals surface area (Å²) in [5.41, 5.74) is 3.44. The molecule has 1 amide bonds. The van der Waals surface area contributed by atoms with E-state index in [2.05, 4.69) is 35.0 Å². The molecule has 4 aromatic rings. The molecular formula is C26H29N3O3. The first-order chi connectivity index (χ1) is 15.7. The van der Waals surface area contributed by atoms with E-state index < -0.39 is 0 Å². The molecule has 0 aliphatic rings. The quantitative estimate of drug-likeness (QED) is 0.339. The van der Waals surface area contributed by atoms with E-state index in [0.717, 1.165) is 54.8 Å². The van der Waals surface area contributed by atoms with E-state index in [-0.39, 0.29) is 5.91 Å². The molecule has 166 valence electrons. The van der Waals surface area contributed by atoms with Crippen molar-refractivity contribution >= 4 is 16.9 Å². The van der Waals surface area contributed by atoms with E-state index in [1.54, 1.807) is 12.1 Å². The van der Waals surface area contributed by atoms with Crippen LogP contribution in [0.25, 0.3) is 11.0 Å². The second-order valence-corrected chi connectivity index (χ2v) is 7.70. The van der Waals surface area contributed by atoms with Crippen LogP contribution in [0.2, 0.25) is 0 Å². The van der Waals surface area contributed by atoms with E-state index >= 15 is 0 Å². The highest BCUT2D eigenvalue weighted by molar-refractivity contribution is 5.91. The number of fused-ring (bicyclic) bond motifs is 1. The van der Waals surface area contributed by atoms with Crippen LogP contribution >= 0.6 is 0 Å². The van der Waals surface area contributed by atoms with Crippen LogP contribution in [0.1, 0.15) is 41.7 Å². The van der Waals surface area contributed by atoms with Gasteiger partial charge in [-0.25, -0.2) is 4.98 Å². The van der Waals surface area contributed by atoms with Gasteiger partial charge in [-0.2, -0.15) is 0 Å². The second-order valence-electron chi connectivity index (χ2n) is 7.70. The number of para-hydroxylation sites is 2. The number of furan rings is 1. The molecule has 0 aliphatic carbocycles. The summed E-state index contributed by atoms with van der Waals surface area (Å²) in [7, 11) is 0. The summed E-state index contributed by atoms with van der Waals surface area (Å²) >= 11 is 0. The molecule has 6 nitrogen and oxygen atoms in total.